The van der Waals surface area contributed by atoms with Crippen molar-refractivity contribution in [2.45, 2.75) is 31.9 Å². The number of carboxylic acid groups (broad SMARTS) is 1. The van der Waals surface area contributed by atoms with Crippen molar-refractivity contribution in [1.29, 1.82) is 0 Å². The Morgan fingerprint density at radius 1 is 1.43 bits per heavy atom. The number of anilines is 1. The van der Waals surface area contributed by atoms with Crippen LogP contribution in [0.4, 0.5) is 5.82 Å². The van der Waals surface area contributed by atoms with E-state index in [1.807, 2.05) is 12.3 Å². The van der Waals surface area contributed by atoms with Gasteiger partial charge in [0.1, 0.15) is 22.1 Å². The number of carbonyl (C=O) groups is 2. The minimum atomic E-state index is -0.570. The quantitative estimate of drug-likeness (QED) is 0.595. The molecule has 1 amide bonds. The monoisotopic (exact) mass is 450 g/mol. The van der Waals surface area contributed by atoms with Gasteiger partial charge >= 0.3 is 0 Å². The molecule has 4 heterocycles. The lowest BCUT2D eigenvalue weighted by Gasteiger charge is -2.44. The van der Waals surface area contributed by atoms with Gasteiger partial charge in [-0.1, -0.05) is 11.8 Å². The molecule has 3 atom stereocenters. The second kappa shape index (κ2) is 9.49. The molecule has 0 aromatic carbocycles. The largest absolute Gasteiger partial charge is 0.483 e. The zero-order valence-corrected chi connectivity index (χ0v) is 18.1. The summed E-state index contributed by atoms with van der Waals surface area (Å²) in [5.74, 6) is 1.32. The lowest BCUT2D eigenvalue weighted by Crippen LogP contribution is -2.49. The lowest BCUT2D eigenvalue weighted by atomic mass is 9.80. The average molecular weight is 451 g/mol. The second-order valence-corrected chi connectivity index (χ2v) is 8.78. The van der Waals surface area contributed by atoms with E-state index < -0.39 is 5.54 Å². The summed E-state index contributed by atoms with van der Waals surface area (Å²) in [5, 5.41) is 12.9. The summed E-state index contributed by atoms with van der Waals surface area (Å²) >= 11 is 3.04. The fourth-order valence-electron chi connectivity index (χ4n) is 3.30. The maximum Gasteiger partial charge on any atom is 0.290 e. The number of aliphatic imine (C=N–C) groups is 1. The summed E-state index contributed by atoms with van der Waals surface area (Å²) in [6, 6.07) is 0. The highest BCUT2D eigenvalue weighted by atomic mass is 32.2. The molecule has 4 N–H and O–H groups in total. The first kappa shape index (κ1) is 22.1. The van der Waals surface area contributed by atoms with Crippen molar-refractivity contribution in [3.05, 3.63) is 34.2 Å². The number of amides is 1. The first-order chi connectivity index (χ1) is 14.4. The number of rotatable bonds is 3. The smallest absolute Gasteiger partial charge is 0.290 e. The molecule has 30 heavy (non-hydrogen) atoms. The van der Waals surface area contributed by atoms with Crippen molar-refractivity contribution in [3.63, 3.8) is 0 Å². The van der Waals surface area contributed by atoms with E-state index in [4.69, 9.17) is 25.4 Å². The molecule has 0 bridgehead atoms. The Bertz CT molecular complexity index is 935. The van der Waals surface area contributed by atoms with Crippen LogP contribution in [0, 0.1) is 12.8 Å². The SMILES string of the molecule is Cc1cnc(C(=O)Nc2csc([C@]34CO[C@@H](C)C[C@H]3CSC(N)=N4)n2)cn1.O=CO. The summed E-state index contributed by atoms with van der Waals surface area (Å²) in [6.07, 6.45) is 4.11. The van der Waals surface area contributed by atoms with Crippen molar-refractivity contribution >= 4 is 46.5 Å². The van der Waals surface area contributed by atoms with Crippen LogP contribution in [0.25, 0.3) is 0 Å². The van der Waals surface area contributed by atoms with Crippen LogP contribution in [0.2, 0.25) is 0 Å². The number of nitrogens with two attached hydrogens (primary N) is 1. The van der Waals surface area contributed by atoms with Gasteiger partial charge in [0.05, 0.1) is 24.6 Å². The predicted molar refractivity (Wildman–Crippen MR) is 115 cm³/mol. The molecule has 2 aromatic heterocycles. The summed E-state index contributed by atoms with van der Waals surface area (Å²) in [6.45, 7) is 4.09. The van der Waals surface area contributed by atoms with Crippen LogP contribution in [0.3, 0.4) is 0 Å². The Kier molecular flexibility index (Phi) is 7.00. The van der Waals surface area contributed by atoms with Crippen LogP contribution in [-0.2, 0) is 15.1 Å². The van der Waals surface area contributed by atoms with Gasteiger partial charge in [-0.25, -0.2) is 15.0 Å². The summed E-state index contributed by atoms with van der Waals surface area (Å²) in [4.78, 5) is 38.3. The first-order valence-electron chi connectivity index (χ1n) is 9.11. The topological polar surface area (TPSA) is 153 Å². The molecular formula is C18H22N6O4S2. The molecule has 160 valence electrons. The molecular weight excluding hydrogens is 428 g/mol. The number of carbonyl (C=O) groups excluding carboxylic acids is 1. The van der Waals surface area contributed by atoms with Gasteiger partial charge in [0, 0.05) is 23.2 Å². The standard InChI is InChI=1S/C17H20N6O2S2.CH2O2/c1-9-4-20-12(5-19-9)14(24)21-13-7-26-15(22-13)17-8-25-10(2)3-11(17)6-27-16(18)23-17;2-1-3/h4-5,7,10-11H,3,6,8H2,1-2H3,(H2,18,23)(H,21,24);1H,(H,2,3)/t10-,11-,17-;/m0./s1. The molecule has 0 aliphatic carbocycles. The van der Waals surface area contributed by atoms with Crippen molar-refractivity contribution < 1.29 is 19.4 Å². The zero-order chi connectivity index (χ0) is 21.7. The Balaban J connectivity index is 0.000000806. The van der Waals surface area contributed by atoms with Crippen molar-refractivity contribution in [3.8, 4) is 0 Å². The van der Waals surface area contributed by atoms with E-state index in [2.05, 4.69) is 27.2 Å². The Morgan fingerprint density at radius 3 is 2.90 bits per heavy atom. The van der Waals surface area contributed by atoms with Crippen LogP contribution >= 0.6 is 23.1 Å². The molecule has 0 spiro atoms. The van der Waals surface area contributed by atoms with E-state index in [-0.39, 0.29) is 24.2 Å². The van der Waals surface area contributed by atoms with E-state index in [9.17, 15) is 4.79 Å². The first-order valence-corrected chi connectivity index (χ1v) is 11.0. The van der Waals surface area contributed by atoms with Crippen LogP contribution in [0.15, 0.2) is 22.8 Å². The minimum Gasteiger partial charge on any atom is -0.483 e. The van der Waals surface area contributed by atoms with Crippen LogP contribution in [0.1, 0.15) is 34.5 Å². The van der Waals surface area contributed by atoms with Crippen molar-refractivity contribution in [2.24, 2.45) is 16.6 Å². The number of thioether (sulfide) groups is 1. The van der Waals surface area contributed by atoms with Crippen LogP contribution < -0.4 is 11.1 Å². The fourth-order valence-corrected chi connectivity index (χ4v) is 5.27. The predicted octanol–water partition coefficient (Wildman–Crippen LogP) is 1.88. The van der Waals surface area contributed by atoms with Crippen molar-refractivity contribution in [1.82, 2.24) is 15.0 Å². The molecule has 12 heteroatoms. The van der Waals surface area contributed by atoms with Gasteiger partial charge in [0.2, 0.25) is 0 Å². The summed E-state index contributed by atoms with van der Waals surface area (Å²) < 4.78 is 5.91. The van der Waals surface area contributed by atoms with Gasteiger partial charge in [0.25, 0.3) is 12.4 Å². The van der Waals surface area contributed by atoms with Crippen LogP contribution in [0.5, 0.6) is 0 Å². The number of nitrogens with zero attached hydrogens (tertiary/aromatic N) is 4. The maximum atomic E-state index is 12.4. The number of ether oxygens (including phenoxy) is 1. The average Bonchev–Trinajstić information content (AvgIpc) is 3.18. The van der Waals surface area contributed by atoms with Gasteiger partial charge < -0.3 is 20.9 Å². The molecule has 0 radical (unpaired) electrons. The number of fused-ring (bicyclic) bond motifs is 1. The van der Waals surface area contributed by atoms with Gasteiger partial charge in [-0.2, -0.15) is 0 Å². The second-order valence-electron chi connectivity index (χ2n) is 6.88. The highest BCUT2D eigenvalue weighted by Gasteiger charge is 2.49. The number of hydrogen-bond donors (Lipinski definition) is 3. The summed E-state index contributed by atoms with van der Waals surface area (Å²) in [5.41, 5.74) is 6.46. The van der Waals surface area contributed by atoms with E-state index in [1.165, 1.54) is 17.5 Å². The van der Waals surface area contributed by atoms with Crippen molar-refractivity contribution in [2.75, 3.05) is 17.7 Å². The highest BCUT2D eigenvalue weighted by molar-refractivity contribution is 8.13. The minimum absolute atomic E-state index is 0.192. The van der Waals surface area contributed by atoms with Gasteiger partial charge in [0.15, 0.2) is 5.17 Å². The number of hydrogen-bond acceptors (Lipinski definition) is 10. The van der Waals surface area contributed by atoms with Gasteiger partial charge in [-0.05, 0) is 20.3 Å². The normalized spacial score (nSPS) is 25.2. The third-order valence-electron chi connectivity index (χ3n) is 4.75. The fraction of sp³-hybridized carbons (Fsp3) is 0.444. The number of aryl methyl sites for hydroxylation is 1. The summed E-state index contributed by atoms with van der Waals surface area (Å²) in [7, 11) is 0. The molecule has 2 aliphatic heterocycles. The molecule has 0 saturated carbocycles. The van der Waals surface area contributed by atoms with E-state index >= 15 is 0 Å². The maximum absolute atomic E-state index is 12.4. The van der Waals surface area contributed by atoms with Crippen LogP contribution in [-0.4, -0.2) is 56.1 Å². The van der Waals surface area contributed by atoms with E-state index in [0.717, 1.165) is 22.9 Å². The lowest BCUT2D eigenvalue weighted by molar-refractivity contribution is -0.122. The van der Waals surface area contributed by atoms with Gasteiger partial charge in [-0.15, -0.1) is 11.3 Å². The molecule has 1 fully saturated rings. The van der Waals surface area contributed by atoms with Gasteiger partial charge in [-0.3, -0.25) is 14.6 Å². The van der Waals surface area contributed by atoms with E-state index in [0.29, 0.717) is 23.5 Å². The third kappa shape index (κ3) is 4.77. The molecule has 2 aromatic rings. The number of thiazole rings is 1. The third-order valence-corrected chi connectivity index (χ3v) is 6.72. The highest BCUT2D eigenvalue weighted by Crippen LogP contribution is 2.46. The molecule has 4 rings (SSSR count). The molecule has 2 aliphatic rings. The van der Waals surface area contributed by atoms with E-state index in [1.54, 1.807) is 18.0 Å². The molecule has 0 unspecified atom stereocenters. The Hall–Kier alpha value is -2.57. The zero-order valence-electron chi connectivity index (χ0n) is 16.4. The molecule has 1 saturated heterocycles. The molecule has 10 nitrogen and oxygen atoms in total. The Morgan fingerprint density at radius 2 is 2.20 bits per heavy atom. The number of nitrogens with one attached hydrogen (secondary N) is 1. The number of amidine groups is 1. The number of aromatic nitrogens is 3. The Labute approximate surface area is 181 Å².